The maximum atomic E-state index is 12.0. The van der Waals surface area contributed by atoms with Crippen LogP contribution in [0.1, 0.15) is 23.0 Å². The highest BCUT2D eigenvalue weighted by atomic mass is 32.1. The minimum absolute atomic E-state index is 0.294. The number of carbonyl (C=O) groups excluding carboxylic acids is 1. The van der Waals surface area contributed by atoms with Crippen molar-refractivity contribution in [2.24, 2.45) is 5.10 Å². The molecule has 0 atom stereocenters. The summed E-state index contributed by atoms with van der Waals surface area (Å²) in [6, 6.07) is 13.1. The van der Waals surface area contributed by atoms with E-state index in [4.69, 9.17) is 4.74 Å². The summed E-state index contributed by atoms with van der Waals surface area (Å²) in [6.07, 6.45) is 1.57. The highest BCUT2D eigenvalue weighted by molar-refractivity contribution is 7.13. The summed E-state index contributed by atoms with van der Waals surface area (Å²) in [7, 11) is 0. The summed E-state index contributed by atoms with van der Waals surface area (Å²) in [6.45, 7) is 2.56. The van der Waals surface area contributed by atoms with Gasteiger partial charge in [0.05, 0.1) is 23.4 Å². The third-order valence-electron chi connectivity index (χ3n) is 3.17. The third-order valence-corrected chi connectivity index (χ3v) is 4.07. The molecular formula is C17H16N4O2S. The van der Waals surface area contributed by atoms with Crippen LogP contribution in [0.3, 0.4) is 0 Å². The van der Waals surface area contributed by atoms with Crippen molar-refractivity contribution in [1.82, 2.24) is 15.6 Å². The number of aromatic nitrogens is 2. The number of hydrogen-bond donors (Lipinski definition) is 2. The predicted molar refractivity (Wildman–Crippen MR) is 94.6 cm³/mol. The van der Waals surface area contributed by atoms with Crippen molar-refractivity contribution in [2.75, 3.05) is 6.61 Å². The molecule has 3 rings (SSSR count). The normalized spacial score (nSPS) is 10.9. The van der Waals surface area contributed by atoms with Crippen molar-refractivity contribution >= 4 is 23.5 Å². The highest BCUT2D eigenvalue weighted by Gasteiger charge is 2.11. The third kappa shape index (κ3) is 3.88. The number of nitrogens with one attached hydrogen (secondary N) is 2. The average molecular weight is 340 g/mol. The van der Waals surface area contributed by atoms with Gasteiger partial charge in [0.1, 0.15) is 5.75 Å². The quantitative estimate of drug-likeness (QED) is 0.534. The lowest BCUT2D eigenvalue weighted by atomic mass is 10.2. The Morgan fingerprint density at radius 3 is 2.92 bits per heavy atom. The summed E-state index contributed by atoms with van der Waals surface area (Å²) < 4.78 is 5.37. The summed E-state index contributed by atoms with van der Waals surface area (Å²) in [5, 5.41) is 12.8. The topological polar surface area (TPSA) is 79.4 Å². The van der Waals surface area contributed by atoms with Crippen LogP contribution < -0.4 is 10.2 Å². The van der Waals surface area contributed by atoms with Crippen molar-refractivity contribution < 1.29 is 9.53 Å². The first-order valence-corrected chi connectivity index (χ1v) is 8.30. The zero-order chi connectivity index (χ0) is 16.8. The molecule has 0 radical (unpaired) electrons. The van der Waals surface area contributed by atoms with Crippen LogP contribution in [0.5, 0.6) is 5.75 Å². The summed E-state index contributed by atoms with van der Waals surface area (Å²) >= 11 is 1.58. The fourth-order valence-electron chi connectivity index (χ4n) is 2.04. The maximum Gasteiger partial charge on any atom is 0.291 e. The van der Waals surface area contributed by atoms with E-state index in [-0.39, 0.29) is 5.91 Å². The predicted octanol–water partition coefficient (Wildman–Crippen LogP) is 3.30. The van der Waals surface area contributed by atoms with E-state index in [0.717, 1.165) is 21.9 Å². The fourth-order valence-corrected chi connectivity index (χ4v) is 2.73. The van der Waals surface area contributed by atoms with Crippen molar-refractivity contribution in [3.05, 3.63) is 59.1 Å². The number of benzene rings is 1. The van der Waals surface area contributed by atoms with Gasteiger partial charge in [-0.2, -0.15) is 10.2 Å². The molecule has 0 fully saturated rings. The molecule has 0 aliphatic rings. The van der Waals surface area contributed by atoms with Crippen molar-refractivity contribution in [1.29, 1.82) is 0 Å². The van der Waals surface area contributed by atoms with E-state index < -0.39 is 0 Å². The van der Waals surface area contributed by atoms with Gasteiger partial charge in [0.25, 0.3) is 5.91 Å². The monoisotopic (exact) mass is 340 g/mol. The maximum absolute atomic E-state index is 12.0. The van der Waals surface area contributed by atoms with E-state index in [2.05, 4.69) is 20.7 Å². The number of hydrogen-bond acceptors (Lipinski definition) is 5. The van der Waals surface area contributed by atoms with E-state index in [1.807, 2.05) is 48.7 Å². The number of carbonyl (C=O) groups is 1. The lowest BCUT2D eigenvalue weighted by Gasteiger charge is -2.02. The molecule has 6 nitrogen and oxygen atoms in total. The summed E-state index contributed by atoms with van der Waals surface area (Å²) in [5.41, 5.74) is 4.43. The summed E-state index contributed by atoms with van der Waals surface area (Å²) in [4.78, 5) is 13.1. The number of nitrogens with zero attached hydrogens (tertiary/aromatic N) is 2. The molecule has 2 N–H and O–H groups in total. The molecule has 7 heteroatoms. The number of H-pyrrole nitrogens is 1. The van der Waals surface area contributed by atoms with Crippen LogP contribution in [-0.2, 0) is 0 Å². The van der Waals surface area contributed by atoms with Gasteiger partial charge in [-0.3, -0.25) is 9.89 Å². The molecule has 0 bridgehead atoms. The van der Waals surface area contributed by atoms with Crippen LogP contribution >= 0.6 is 11.3 Å². The molecule has 2 heterocycles. The Labute approximate surface area is 143 Å². The Morgan fingerprint density at radius 2 is 2.21 bits per heavy atom. The first-order valence-electron chi connectivity index (χ1n) is 7.42. The first kappa shape index (κ1) is 15.9. The molecular weight excluding hydrogens is 324 g/mol. The fraction of sp³-hybridized carbons (Fsp3) is 0.118. The van der Waals surface area contributed by atoms with E-state index >= 15 is 0 Å². The molecule has 0 aliphatic heterocycles. The average Bonchev–Trinajstić information content (AvgIpc) is 3.28. The van der Waals surface area contributed by atoms with Gasteiger partial charge in [-0.1, -0.05) is 6.07 Å². The van der Waals surface area contributed by atoms with Crippen LogP contribution in [0, 0.1) is 0 Å². The van der Waals surface area contributed by atoms with E-state index in [0.29, 0.717) is 12.3 Å². The van der Waals surface area contributed by atoms with Gasteiger partial charge in [-0.25, -0.2) is 5.43 Å². The van der Waals surface area contributed by atoms with Crippen molar-refractivity contribution in [3.8, 4) is 16.3 Å². The minimum Gasteiger partial charge on any atom is -0.494 e. The lowest BCUT2D eigenvalue weighted by Crippen LogP contribution is -2.17. The molecule has 0 saturated heterocycles. The number of hydrazone groups is 1. The van der Waals surface area contributed by atoms with Crippen LogP contribution in [0.4, 0.5) is 0 Å². The summed E-state index contributed by atoms with van der Waals surface area (Å²) in [5.74, 6) is 0.438. The SMILES string of the molecule is CCOc1ccc(/C=N\NC(=O)c2cc(-c3cccs3)[nH]n2)cc1. The Morgan fingerprint density at radius 1 is 1.38 bits per heavy atom. The Hall–Kier alpha value is -2.93. The van der Waals surface area contributed by atoms with Gasteiger partial charge in [0.15, 0.2) is 5.69 Å². The molecule has 1 aromatic carbocycles. The Kier molecular flexibility index (Phi) is 5.02. The van der Waals surface area contributed by atoms with Gasteiger partial charge in [0, 0.05) is 0 Å². The van der Waals surface area contributed by atoms with Crippen LogP contribution in [0.15, 0.2) is 52.9 Å². The minimum atomic E-state index is -0.365. The van der Waals surface area contributed by atoms with Crippen LogP contribution in [0.25, 0.3) is 10.6 Å². The van der Waals surface area contributed by atoms with Crippen LogP contribution in [-0.4, -0.2) is 28.9 Å². The smallest absolute Gasteiger partial charge is 0.291 e. The molecule has 2 aromatic heterocycles. The van der Waals surface area contributed by atoms with Gasteiger partial charge in [-0.05, 0) is 54.3 Å². The molecule has 0 aliphatic carbocycles. The van der Waals surface area contributed by atoms with E-state index in [1.54, 1.807) is 23.6 Å². The van der Waals surface area contributed by atoms with Gasteiger partial charge >= 0.3 is 0 Å². The van der Waals surface area contributed by atoms with Gasteiger partial charge < -0.3 is 4.74 Å². The zero-order valence-corrected chi connectivity index (χ0v) is 13.8. The zero-order valence-electron chi connectivity index (χ0n) is 13.0. The van der Waals surface area contributed by atoms with Gasteiger partial charge in [-0.15, -0.1) is 11.3 Å². The molecule has 122 valence electrons. The number of thiophene rings is 1. The van der Waals surface area contributed by atoms with Crippen LogP contribution in [0.2, 0.25) is 0 Å². The number of aromatic amines is 1. The highest BCUT2D eigenvalue weighted by Crippen LogP contribution is 2.22. The van der Waals surface area contributed by atoms with E-state index in [9.17, 15) is 4.79 Å². The molecule has 24 heavy (non-hydrogen) atoms. The van der Waals surface area contributed by atoms with Gasteiger partial charge in [0.2, 0.25) is 0 Å². The molecule has 3 aromatic rings. The first-order chi connectivity index (χ1) is 11.8. The van der Waals surface area contributed by atoms with Crippen molar-refractivity contribution in [3.63, 3.8) is 0 Å². The molecule has 1 amide bonds. The molecule has 0 saturated carbocycles. The second kappa shape index (κ2) is 7.56. The second-order valence-electron chi connectivity index (χ2n) is 4.85. The Bertz CT molecular complexity index is 823. The lowest BCUT2D eigenvalue weighted by molar-refractivity contribution is 0.0950. The standard InChI is InChI=1S/C17H16N4O2S/c1-2-23-13-7-5-12(6-8-13)11-18-21-17(22)15-10-14(19-20-15)16-4-3-9-24-16/h3-11H,2H2,1H3,(H,19,20)(H,21,22)/b18-11-. The largest absolute Gasteiger partial charge is 0.494 e. The second-order valence-corrected chi connectivity index (χ2v) is 5.79. The number of ether oxygens (including phenoxy) is 1. The van der Waals surface area contributed by atoms with Crippen molar-refractivity contribution in [2.45, 2.75) is 6.92 Å². The number of rotatable bonds is 6. The molecule has 0 spiro atoms. The van der Waals surface area contributed by atoms with E-state index in [1.165, 1.54) is 0 Å². The molecule has 0 unspecified atom stereocenters. The number of amides is 1. The Balaban J connectivity index is 1.59.